The molecule has 0 aliphatic heterocycles. The first kappa shape index (κ1) is 23.5. The van der Waals surface area contributed by atoms with Crippen LogP contribution >= 0.6 is 11.3 Å². The number of rotatable bonds is 3. The van der Waals surface area contributed by atoms with Gasteiger partial charge in [0.15, 0.2) is 0 Å². The van der Waals surface area contributed by atoms with E-state index in [0.717, 1.165) is 16.7 Å². The van der Waals surface area contributed by atoms with Crippen LogP contribution in [0.1, 0.15) is 0 Å². The predicted molar refractivity (Wildman–Crippen MR) is 180 cm³/mol. The van der Waals surface area contributed by atoms with Crippen LogP contribution < -0.4 is 0 Å². The molecule has 0 atom stereocenters. The summed E-state index contributed by atoms with van der Waals surface area (Å²) in [7, 11) is 0. The predicted octanol–water partition coefficient (Wildman–Crippen LogP) is 11.0. The first-order chi connectivity index (χ1) is 20.8. The Labute approximate surface area is 246 Å². The molecule has 3 heterocycles. The molecule has 0 radical (unpaired) electrons. The van der Waals surface area contributed by atoms with E-state index >= 15 is 0 Å². The molecule has 0 saturated heterocycles. The van der Waals surface area contributed by atoms with Crippen LogP contribution in [-0.2, 0) is 0 Å². The molecule has 0 fully saturated rings. The van der Waals surface area contributed by atoms with Crippen molar-refractivity contribution in [3.8, 4) is 28.1 Å². The van der Waals surface area contributed by atoms with Crippen molar-refractivity contribution in [3.63, 3.8) is 0 Å². The summed E-state index contributed by atoms with van der Waals surface area (Å²) < 4.78 is 5.01. The number of hydrogen-bond acceptors (Lipinski definition) is 2. The Bertz CT molecular complexity index is 2450. The van der Waals surface area contributed by atoms with E-state index in [9.17, 15) is 0 Å². The third kappa shape index (κ3) is 3.47. The Balaban J connectivity index is 1.32. The molecule has 9 aromatic rings. The van der Waals surface area contributed by atoms with E-state index in [2.05, 4.69) is 150 Å². The molecule has 9 rings (SSSR count). The van der Waals surface area contributed by atoms with Gasteiger partial charge in [0.2, 0.25) is 0 Å². The largest absolute Gasteiger partial charge is 0.294 e. The fourth-order valence-corrected chi connectivity index (χ4v) is 7.73. The Morgan fingerprint density at radius 2 is 1.14 bits per heavy atom. The second-order valence-electron chi connectivity index (χ2n) is 10.8. The Morgan fingerprint density at radius 3 is 2.00 bits per heavy atom. The quantitative estimate of drug-likeness (QED) is 0.213. The van der Waals surface area contributed by atoms with Crippen molar-refractivity contribution in [2.24, 2.45) is 0 Å². The molecule has 42 heavy (non-hydrogen) atoms. The lowest BCUT2D eigenvalue weighted by molar-refractivity contribution is 1.10. The number of fused-ring (bicyclic) bond motifs is 8. The van der Waals surface area contributed by atoms with Gasteiger partial charge in [-0.15, -0.1) is 11.3 Å². The van der Waals surface area contributed by atoms with Gasteiger partial charge in [0.05, 0.1) is 16.6 Å². The third-order valence-corrected chi connectivity index (χ3v) is 9.62. The van der Waals surface area contributed by atoms with Crippen molar-refractivity contribution in [1.29, 1.82) is 0 Å². The zero-order valence-corrected chi connectivity index (χ0v) is 23.5. The molecule has 0 bridgehead atoms. The Kier molecular flexibility index (Phi) is 5.10. The Morgan fingerprint density at radius 1 is 0.476 bits per heavy atom. The molecule has 0 saturated carbocycles. The zero-order valence-electron chi connectivity index (χ0n) is 22.7. The van der Waals surface area contributed by atoms with Gasteiger partial charge in [0, 0.05) is 36.3 Å². The van der Waals surface area contributed by atoms with Gasteiger partial charge in [0.1, 0.15) is 5.82 Å². The van der Waals surface area contributed by atoms with Crippen molar-refractivity contribution in [3.05, 3.63) is 146 Å². The SMILES string of the molecule is c1ccc(-c2ccc(-c3cc(-n4c5ccccc5c5c6sc7ccccc7c6ccc54)nc4ccccc34)cc2)cc1. The minimum atomic E-state index is 0.933. The number of pyridine rings is 1. The van der Waals surface area contributed by atoms with Gasteiger partial charge in [-0.3, -0.25) is 4.57 Å². The first-order valence-corrected chi connectivity index (χ1v) is 15.0. The average molecular weight is 553 g/mol. The lowest BCUT2D eigenvalue weighted by Gasteiger charge is -2.13. The molecule has 0 aliphatic carbocycles. The highest BCUT2D eigenvalue weighted by atomic mass is 32.1. The normalized spacial score (nSPS) is 11.8. The molecular formula is C39H24N2S. The van der Waals surface area contributed by atoms with Gasteiger partial charge < -0.3 is 0 Å². The number of hydrogen-bond donors (Lipinski definition) is 0. The molecule has 0 spiro atoms. The second-order valence-corrected chi connectivity index (χ2v) is 11.8. The lowest BCUT2D eigenvalue weighted by Crippen LogP contribution is -1.99. The summed E-state index contributed by atoms with van der Waals surface area (Å²) in [4.78, 5) is 5.26. The highest BCUT2D eigenvalue weighted by molar-refractivity contribution is 7.26. The fraction of sp³-hybridized carbons (Fsp3) is 0. The maximum atomic E-state index is 5.26. The topological polar surface area (TPSA) is 17.8 Å². The summed E-state index contributed by atoms with van der Waals surface area (Å²) in [6.45, 7) is 0. The maximum Gasteiger partial charge on any atom is 0.138 e. The van der Waals surface area contributed by atoms with Crippen LogP contribution in [0.5, 0.6) is 0 Å². The number of thiophene rings is 1. The van der Waals surface area contributed by atoms with Gasteiger partial charge in [-0.25, -0.2) is 4.98 Å². The van der Waals surface area contributed by atoms with Gasteiger partial charge in [-0.1, -0.05) is 115 Å². The standard InChI is InChI=1S/C39H24N2S/c1-2-10-25(11-3-1)26-18-20-27(21-19-26)32-24-37(40-33-15-7-4-12-28(32)33)41-34-16-8-5-14-31(34)38-35(41)23-22-30-29-13-6-9-17-36(29)42-39(30)38/h1-24H. The second kappa shape index (κ2) is 9.13. The van der Waals surface area contributed by atoms with Gasteiger partial charge >= 0.3 is 0 Å². The molecule has 0 aliphatic rings. The van der Waals surface area contributed by atoms with Crippen LogP contribution in [0.4, 0.5) is 0 Å². The highest BCUT2D eigenvalue weighted by Gasteiger charge is 2.19. The third-order valence-electron chi connectivity index (χ3n) is 8.41. The molecule has 3 heteroatoms. The maximum absolute atomic E-state index is 5.26. The van der Waals surface area contributed by atoms with Crippen LogP contribution in [0.3, 0.4) is 0 Å². The number of benzene rings is 6. The molecule has 0 amide bonds. The van der Waals surface area contributed by atoms with Gasteiger partial charge in [0.25, 0.3) is 0 Å². The van der Waals surface area contributed by atoms with E-state index in [-0.39, 0.29) is 0 Å². The summed E-state index contributed by atoms with van der Waals surface area (Å²) in [5.74, 6) is 0.933. The van der Waals surface area contributed by atoms with Crippen molar-refractivity contribution in [1.82, 2.24) is 9.55 Å². The molecule has 3 aromatic heterocycles. The van der Waals surface area contributed by atoms with Crippen LogP contribution in [0, 0.1) is 0 Å². The summed E-state index contributed by atoms with van der Waals surface area (Å²) in [6, 6.07) is 52.3. The fourth-order valence-electron chi connectivity index (χ4n) is 6.47. The van der Waals surface area contributed by atoms with Gasteiger partial charge in [-0.2, -0.15) is 0 Å². The average Bonchev–Trinajstić information content (AvgIpc) is 3.60. The van der Waals surface area contributed by atoms with Crippen LogP contribution in [0.2, 0.25) is 0 Å². The number of aromatic nitrogens is 2. The summed E-state index contributed by atoms with van der Waals surface area (Å²) in [5, 5.41) is 6.35. The molecular weight excluding hydrogens is 529 g/mol. The van der Waals surface area contributed by atoms with Crippen molar-refractivity contribution in [2.45, 2.75) is 0 Å². The van der Waals surface area contributed by atoms with Crippen molar-refractivity contribution < 1.29 is 0 Å². The zero-order chi connectivity index (χ0) is 27.6. The molecule has 0 N–H and O–H groups in total. The van der Waals surface area contributed by atoms with Crippen LogP contribution in [0.15, 0.2) is 146 Å². The minimum absolute atomic E-state index is 0.933. The van der Waals surface area contributed by atoms with Crippen LogP contribution in [0.25, 0.3) is 81.0 Å². The van der Waals surface area contributed by atoms with E-state index < -0.39 is 0 Å². The highest BCUT2D eigenvalue weighted by Crippen LogP contribution is 2.43. The van der Waals surface area contributed by atoms with Crippen LogP contribution in [-0.4, -0.2) is 9.55 Å². The first-order valence-electron chi connectivity index (χ1n) is 14.2. The molecule has 196 valence electrons. The molecule has 0 unspecified atom stereocenters. The summed E-state index contributed by atoms with van der Waals surface area (Å²) in [6.07, 6.45) is 0. The van der Waals surface area contributed by atoms with E-state index in [1.165, 1.54) is 64.2 Å². The Hall–Kier alpha value is -5.25. The van der Waals surface area contributed by atoms with Crippen molar-refractivity contribution in [2.75, 3.05) is 0 Å². The summed E-state index contributed by atoms with van der Waals surface area (Å²) >= 11 is 1.88. The van der Waals surface area contributed by atoms with E-state index in [0.29, 0.717) is 0 Å². The monoisotopic (exact) mass is 552 g/mol. The molecule has 6 aromatic carbocycles. The molecule has 2 nitrogen and oxygen atoms in total. The number of nitrogens with zero attached hydrogens (tertiary/aromatic N) is 2. The lowest BCUT2D eigenvalue weighted by atomic mass is 9.98. The minimum Gasteiger partial charge on any atom is -0.294 e. The van der Waals surface area contributed by atoms with Gasteiger partial charge in [-0.05, 0) is 52.6 Å². The van der Waals surface area contributed by atoms with E-state index in [4.69, 9.17) is 4.98 Å². The smallest absolute Gasteiger partial charge is 0.138 e. The van der Waals surface area contributed by atoms with E-state index in [1.807, 2.05) is 11.3 Å². The summed E-state index contributed by atoms with van der Waals surface area (Å²) in [5.41, 5.74) is 8.15. The van der Waals surface area contributed by atoms with E-state index in [1.54, 1.807) is 0 Å². The van der Waals surface area contributed by atoms with Crippen molar-refractivity contribution >= 4 is 64.2 Å². The number of para-hydroxylation sites is 2.